The minimum atomic E-state index is -3.60. The van der Waals surface area contributed by atoms with Gasteiger partial charge in [-0.3, -0.25) is 0 Å². The number of morpholine rings is 1. The summed E-state index contributed by atoms with van der Waals surface area (Å²) in [6.45, 7) is 4.73. The van der Waals surface area contributed by atoms with E-state index in [9.17, 15) is 13.5 Å². The SMILES string of the molecule is CC1(C)COCCN1S(=O)(=O)c1cccc(O)c1. The molecular formula is C12H17NO4S. The third-order valence-corrected chi connectivity index (χ3v) is 5.08. The summed E-state index contributed by atoms with van der Waals surface area (Å²) >= 11 is 0. The number of hydrogen-bond donors (Lipinski definition) is 1. The zero-order chi connectivity index (χ0) is 13.4. The molecule has 0 saturated carbocycles. The van der Waals surface area contributed by atoms with E-state index < -0.39 is 15.6 Å². The maximum absolute atomic E-state index is 12.5. The Morgan fingerprint density at radius 2 is 2.11 bits per heavy atom. The van der Waals surface area contributed by atoms with Crippen molar-refractivity contribution in [3.05, 3.63) is 24.3 Å². The zero-order valence-corrected chi connectivity index (χ0v) is 11.3. The van der Waals surface area contributed by atoms with Crippen LogP contribution in [0.15, 0.2) is 29.2 Å². The summed E-state index contributed by atoms with van der Waals surface area (Å²) in [6, 6.07) is 5.72. The average molecular weight is 271 g/mol. The molecule has 0 atom stereocenters. The Morgan fingerprint density at radius 1 is 1.39 bits per heavy atom. The fourth-order valence-electron chi connectivity index (χ4n) is 2.06. The highest BCUT2D eigenvalue weighted by molar-refractivity contribution is 7.89. The van der Waals surface area contributed by atoms with Gasteiger partial charge in [-0.2, -0.15) is 4.31 Å². The van der Waals surface area contributed by atoms with Crippen molar-refractivity contribution in [2.75, 3.05) is 19.8 Å². The van der Waals surface area contributed by atoms with Gasteiger partial charge in [0.05, 0.1) is 23.6 Å². The van der Waals surface area contributed by atoms with Crippen molar-refractivity contribution < 1.29 is 18.3 Å². The van der Waals surface area contributed by atoms with Gasteiger partial charge in [0, 0.05) is 6.54 Å². The second-order valence-corrected chi connectivity index (χ2v) is 6.80. The first kappa shape index (κ1) is 13.3. The largest absolute Gasteiger partial charge is 0.508 e. The quantitative estimate of drug-likeness (QED) is 0.877. The number of benzene rings is 1. The predicted molar refractivity (Wildman–Crippen MR) is 66.9 cm³/mol. The second-order valence-electron chi connectivity index (χ2n) is 4.94. The molecule has 1 aliphatic rings. The van der Waals surface area contributed by atoms with Crippen LogP contribution in [0.5, 0.6) is 5.75 Å². The highest BCUT2D eigenvalue weighted by Gasteiger charge is 2.39. The van der Waals surface area contributed by atoms with E-state index in [2.05, 4.69) is 0 Å². The van der Waals surface area contributed by atoms with Crippen LogP contribution < -0.4 is 0 Å². The summed E-state index contributed by atoms with van der Waals surface area (Å²) in [5.41, 5.74) is -0.581. The van der Waals surface area contributed by atoms with Crippen molar-refractivity contribution in [3.8, 4) is 5.75 Å². The predicted octanol–water partition coefficient (Wildman–Crippen LogP) is 1.19. The Kier molecular flexibility index (Phi) is 3.35. The molecule has 1 saturated heterocycles. The van der Waals surface area contributed by atoms with E-state index in [1.165, 1.54) is 28.6 Å². The topological polar surface area (TPSA) is 66.8 Å². The molecule has 2 rings (SSSR count). The lowest BCUT2D eigenvalue weighted by Gasteiger charge is -2.40. The van der Waals surface area contributed by atoms with Crippen LogP contribution in [0.25, 0.3) is 0 Å². The lowest BCUT2D eigenvalue weighted by Crippen LogP contribution is -2.55. The highest BCUT2D eigenvalue weighted by Crippen LogP contribution is 2.28. The van der Waals surface area contributed by atoms with Crippen LogP contribution in [0.1, 0.15) is 13.8 Å². The molecule has 0 aromatic heterocycles. The number of hydrogen-bond acceptors (Lipinski definition) is 4. The first-order valence-electron chi connectivity index (χ1n) is 5.74. The second kappa shape index (κ2) is 4.53. The van der Waals surface area contributed by atoms with E-state index in [1.54, 1.807) is 0 Å². The molecule has 0 spiro atoms. The minimum absolute atomic E-state index is 0.0536. The zero-order valence-electron chi connectivity index (χ0n) is 10.5. The maximum atomic E-state index is 12.5. The Hall–Kier alpha value is -1.11. The first-order chi connectivity index (χ1) is 8.34. The van der Waals surface area contributed by atoms with Crippen LogP contribution >= 0.6 is 0 Å². The Balaban J connectivity index is 2.42. The van der Waals surface area contributed by atoms with Crippen LogP contribution in [-0.2, 0) is 14.8 Å². The van der Waals surface area contributed by atoms with E-state index in [-0.39, 0.29) is 10.6 Å². The Morgan fingerprint density at radius 3 is 2.72 bits per heavy atom. The molecule has 1 N–H and O–H groups in total. The van der Waals surface area contributed by atoms with Gasteiger partial charge in [-0.05, 0) is 32.0 Å². The van der Waals surface area contributed by atoms with Crippen molar-refractivity contribution in [2.45, 2.75) is 24.3 Å². The molecule has 1 aliphatic heterocycles. The molecule has 5 nitrogen and oxygen atoms in total. The fraction of sp³-hybridized carbons (Fsp3) is 0.500. The number of phenols is 1. The van der Waals surface area contributed by atoms with Gasteiger partial charge < -0.3 is 9.84 Å². The van der Waals surface area contributed by atoms with Gasteiger partial charge in [0.1, 0.15) is 5.75 Å². The van der Waals surface area contributed by atoms with Crippen molar-refractivity contribution in [3.63, 3.8) is 0 Å². The molecule has 1 fully saturated rings. The fourth-order valence-corrected chi connectivity index (χ4v) is 3.85. The van der Waals surface area contributed by atoms with E-state index in [0.29, 0.717) is 19.8 Å². The summed E-state index contributed by atoms with van der Waals surface area (Å²) in [6.07, 6.45) is 0. The van der Waals surface area contributed by atoms with Crippen LogP contribution in [0.2, 0.25) is 0 Å². The van der Waals surface area contributed by atoms with E-state index in [4.69, 9.17) is 4.74 Å². The summed E-state index contributed by atoms with van der Waals surface area (Å²) in [5.74, 6) is -0.0536. The lowest BCUT2D eigenvalue weighted by atomic mass is 10.1. The van der Waals surface area contributed by atoms with Crippen molar-refractivity contribution >= 4 is 10.0 Å². The van der Waals surface area contributed by atoms with E-state index >= 15 is 0 Å². The molecule has 0 aliphatic carbocycles. The van der Waals surface area contributed by atoms with Crippen molar-refractivity contribution in [2.24, 2.45) is 0 Å². The molecule has 0 radical (unpaired) electrons. The molecule has 1 aromatic rings. The molecule has 1 aromatic carbocycles. The highest BCUT2D eigenvalue weighted by atomic mass is 32.2. The van der Waals surface area contributed by atoms with Gasteiger partial charge in [0.25, 0.3) is 0 Å². The summed E-state index contributed by atoms with van der Waals surface area (Å²) in [4.78, 5) is 0.109. The smallest absolute Gasteiger partial charge is 0.243 e. The summed E-state index contributed by atoms with van der Waals surface area (Å²) < 4.78 is 31.8. The number of rotatable bonds is 2. The van der Waals surface area contributed by atoms with Crippen molar-refractivity contribution in [1.29, 1.82) is 0 Å². The number of phenolic OH excluding ortho intramolecular Hbond substituents is 1. The van der Waals surface area contributed by atoms with Crippen molar-refractivity contribution in [1.82, 2.24) is 4.31 Å². The van der Waals surface area contributed by atoms with Crippen LogP contribution in [-0.4, -0.2) is 43.1 Å². The van der Waals surface area contributed by atoms with Gasteiger partial charge in [-0.25, -0.2) is 8.42 Å². The normalized spacial score (nSPS) is 20.8. The maximum Gasteiger partial charge on any atom is 0.243 e. The summed E-state index contributed by atoms with van der Waals surface area (Å²) in [5, 5.41) is 9.40. The van der Waals surface area contributed by atoms with E-state index in [1.807, 2.05) is 13.8 Å². The third kappa shape index (κ3) is 2.36. The standard InChI is InChI=1S/C12H17NO4S/c1-12(2)9-17-7-6-13(12)18(15,16)11-5-3-4-10(14)8-11/h3-5,8,14H,6-7,9H2,1-2H3. The number of sulfonamides is 1. The minimum Gasteiger partial charge on any atom is -0.508 e. The Labute approximate surface area is 107 Å². The number of ether oxygens (including phenoxy) is 1. The molecule has 6 heteroatoms. The molecule has 1 heterocycles. The van der Waals surface area contributed by atoms with Crippen LogP contribution in [0.3, 0.4) is 0 Å². The van der Waals surface area contributed by atoms with Crippen LogP contribution in [0.4, 0.5) is 0 Å². The molecule has 18 heavy (non-hydrogen) atoms. The lowest BCUT2D eigenvalue weighted by molar-refractivity contribution is -0.00771. The molecule has 0 unspecified atom stereocenters. The monoisotopic (exact) mass is 271 g/mol. The third-order valence-electron chi connectivity index (χ3n) is 2.97. The van der Waals surface area contributed by atoms with Gasteiger partial charge in [-0.15, -0.1) is 0 Å². The number of aromatic hydroxyl groups is 1. The van der Waals surface area contributed by atoms with E-state index in [0.717, 1.165) is 0 Å². The average Bonchev–Trinajstić information content (AvgIpc) is 2.28. The summed E-state index contributed by atoms with van der Waals surface area (Å²) in [7, 11) is -3.60. The first-order valence-corrected chi connectivity index (χ1v) is 7.18. The molecular weight excluding hydrogens is 254 g/mol. The molecule has 0 bridgehead atoms. The molecule has 0 amide bonds. The van der Waals surface area contributed by atoms with Gasteiger partial charge in [0.15, 0.2) is 0 Å². The van der Waals surface area contributed by atoms with Gasteiger partial charge in [-0.1, -0.05) is 6.07 Å². The van der Waals surface area contributed by atoms with Crippen LogP contribution in [0, 0.1) is 0 Å². The molecule has 100 valence electrons. The Bertz CT molecular complexity index is 539. The number of nitrogens with zero attached hydrogens (tertiary/aromatic N) is 1. The van der Waals surface area contributed by atoms with Gasteiger partial charge in [0.2, 0.25) is 10.0 Å². The van der Waals surface area contributed by atoms with Gasteiger partial charge >= 0.3 is 0 Å².